The van der Waals surface area contributed by atoms with Gasteiger partial charge in [0.25, 0.3) is 5.69 Å². The fourth-order valence-electron chi connectivity index (χ4n) is 1.95. The summed E-state index contributed by atoms with van der Waals surface area (Å²) in [5, 5.41) is 11.8. The molecular weight excluding hydrogens is 276 g/mol. The van der Waals surface area contributed by atoms with Crippen molar-refractivity contribution in [2.45, 2.75) is 10.6 Å². The molecule has 0 saturated heterocycles. The van der Waals surface area contributed by atoms with Crippen LogP contribution in [0.1, 0.15) is 5.76 Å². The van der Waals surface area contributed by atoms with Gasteiger partial charge < -0.3 is 4.42 Å². The van der Waals surface area contributed by atoms with Crippen molar-refractivity contribution >= 4 is 28.4 Å². The molecule has 5 nitrogen and oxygen atoms in total. The van der Waals surface area contributed by atoms with E-state index in [1.165, 1.54) is 6.07 Å². The number of fused-ring (bicyclic) bond motifs is 1. The number of nitrogens with zero attached hydrogens (tertiary/aromatic N) is 2. The molecule has 0 fully saturated rings. The summed E-state index contributed by atoms with van der Waals surface area (Å²) < 4.78 is 5.28. The van der Waals surface area contributed by atoms with Gasteiger partial charge in [-0.2, -0.15) is 0 Å². The summed E-state index contributed by atoms with van der Waals surface area (Å²) in [6.45, 7) is 0. The Labute approximate surface area is 118 Å². The highest BCUT2D eigenvalue weighted by Gasteiger charge is 2.15. The predicted octanol–water partition coefficient (Wildman–Crippen LogP) is 4.03. The van der Waals surface area contributed by atoms with E-state index in [1.807, 2.05) is 18.2 Å². The zero-order chi connectivity index (χ0) is 13.9. The van der Waals surface area contributed by atoms with Crippen LogP contribution < -0.4 is 0 Å². The Morgan fingerprint density at radius 1 is 1.25 bits per heavy atom. The summed E-state index contributed by atoms with van der Waals surface area (Å²) >= 11 is 1.57. The summed E-state index contributed by atoms with van der Waals surface area (Å²) in [7, 11) is 0. The molecule has 2 aromatic heterocycles. The highest BCUT2D eigenvalue weighted by molar-refractivity contribution is 7.98. The molecule has 0 saturated carbocycles. The van der Waals surface area contributed by atoms with Crippen LogP contribution in [-0.4, -0.2) is 9.91 Å². The monoisotopic (exact) mass is 286 g/mol. The average molecular weight is 286 g/mol. The maximum atomic E-state index is 11.0. The molecular formula is C14H10N2O3S. The van der Waals surface area contributed by atoms with Gasteiger partial charge in [-0.3, -0.25) is 10.1 Å². The van der Waals surface area contributed by atoms with Crippen molar-refractivity contribution in [3.63, 3.8) is 0 Å². The maximum absolute atomic E-state index is 11.0. The lowest BCUT2D eigenvalue weighted by atomic mass is 10.2. The topological polar surface area (TPSA) is 69.2 Å². The molecule has 20 heavy (non-hydrogen) atoms. The normalized spacial score (nSPS) is 10.8. The van der Waals surface area contributed by atoms with E-state index in [-0.39, 0.29) is 5.69 Å². The van der Waals surface area contributed by atoms with Crippen LogP contribution >= 0.6 is 11.8 Å². The van der Waals surface area contributed by atoms with Crippen LogP contribution in [0.5, 0.6) is 0 Å². The molecule has 0 aliphatic carbocycles. The third-order valence-corrected chi connectivity index (χ3v) is 3.95. The van der Waals surface area contributed by atoms with E-state index in [1.54, 1.807) is 36.4 Å². The molecule has 0 bridgehead atoms. The molecule has 0 aliphatic rings. The van der Waals surface area contributed by atoms with Gasteiger partial charge in [-0.05, 0) is 30.3 Å². The summed E-state index contributed by atoms with van der Waals surface area (Å²) in [6, 6.07) is 10.6. The van der Waals surface area contributed by atoms with E-state index in [0.29, 0.717) is 11.3 Å². The molecule has 0 aliphatic heterocycles. The standard InChI is InChI=1S/C14H10N2O3S/c17-16(18)12-5-6-13(11-4-1-7-15-14(11)12)20-9-10-3-2-8-19-10/h1-8H,9H2. The molecule has 0 unspecified atom stereocenters. The van der Waals surface area contributed by atoms with Crippen molar-refractivity contribution in [2.75, 3.05) is 0 Å². The third kappa shape index (κ3) is 2.37. The molecule has 2 heterocycles. The van der Waals surface area contributed by atoms with Crippen molar-refractivity contribution in [2.24, 2.45) is 0 Å². The Kier molecular flexibility index (Phi) is 3.39. The third-order valence-electron chi connectivity index (χ3n) is 2.86. The van der Waals surface area contributed by atoms with Crippen molar-refractivity contribution in [3.8, 4) is 0 Å². The van der Waals surface area contributed by atoms with Crippen molar-refractivity contribution in [3.05, 3.63) is 64.7 Å². The van der Waals surface area contributed by atoms with Crippen LogP contribution in [-0.2, 0) is 5.75 Å². The molecule has 100 valence electrons. The molecule has 0 spiro atoms. The van der Waals surface area contributed by atoms with E-state index in [2.05, 4.69) is 4.98 Å². The van der Waals surface area contributed by atoms with Crippen LogP contribution in [0.4, 0.5) is 5.69 Å². The Balaban J connectivity index is 1.99. The number of hydrogen-bond donors (Lipinski definition) is 0. The number of nitro groups is 1. The fraction of sp³-hybridized carbons (Fsp3) is 0.0714. The lowest BCUT2D eigenvalue weighted by Crippen LogP contribution is -1.92. The summed E-state index contributed by atoms with van der Waals surface area (Å²) in [5.74, 6) is 1.54. The molecule has 3 aromatic rings. The molecule has 1 aromatic carbocycles. The van der Waals surface area contributed by atoms with E-state index in [4.69, 9.17) is 4.42 Å². The second-order valence-electron chi connectivity index (χ2n) is 4.11. The number of hydrogen-bond acceptors (Lipinski definition) is 5. The van der Waals surface area contributed by atoms with Crippen LogP contribution in [0.3, 0.4) is 0 Å². The maximum Gasteiger partial charge on any atom is 0.295 e. The molecule has 0 N–H and O–H groups in total. The number of rotatable bonds is 4. The highest BCUT2D eigenvalue weighted by atomic mass is 32.2. The van der Waals surface area contributed by atoms with Crippen LogP contribution in [0.2, 0.25) is 0 Å². The summed E-state index contributed by atoms with van der Waals surface area (Å²) in [4.78, 5) is 15.7. The minimum absolute atomic E-state index is 0.0305. The van der Waals surface area contributed by atoms with E-state index in [0.717, 1.165) is 16.0 Å². The number of aromatic nitrogens is 1. The first-order chi connectivity index (χ1) is 9.75. The molecule has 0 atom stereocenters. The van der Waals surface area contributed by atoms with Gasteiger partial charge in [0.05, 0.1) is 16.9 Å². The van der Waals surface area contributed by atoms with E-state index in [9.17, 15) is 10.1 Å². The van der Waals surface area contributed by atoms with Gasteiger partial charge in [0.15, 0.2) is 0 Å². The lowest BCUT2D eigenvalue weighted by Gasteiger charge is -2.05. The van der Waals surface area contributed by atoms with Crippen molar-refractivity contribution < 1.29 is 9.34 Å². The minimum Gasteiger partial charge on any atom is -0.468 e. The number of non-ortho nitro benzene ring substituents is 1. The van der Waals surface area contributed by atoms with Gasteiger partial charge in [-0.25, -0.2) is 4.98 Å². The second-order valence-corrected chi connectivity index (χ2v) is 5.12. The minimum atomic E-state index is -0.406. The van der Waals surface area contributed by atoms with Gasteiger partial charge in [0.2, 0.25) is 0 Å². The van der Waals surface area contributed by atoms with Crippen LogP contribution in [0.25, 0.3) is 10.9 Å². The lowest BCUT2D eigenvalue weighted by molar-refractivity contribution is -0.383. The zero-order valence-corrected chi connectivity index (χ0v) is 11.2. The van der Waals surface area contributed by atoms with Gasteiger partial charge in [-0.15, -0.1) is 11.8 Å². The highest BCUT2D eigenvalue weighted by Crippen LogP contribution is 2.33. The molecule has 3 rings (SSSR count). The van der Waals surface area contributed by atoms with Crippen LogP contribution in [0.15, 0.2) is 58.2 Å². The van der Waals surface area contributed by atoms with E-state index < -0.39 is 4.92 Å². The number of thioether (sulfide) groups is 1. The average Bonchev–Trinajstić information content (AvgIpc) is 2.97. The first-order valence-corrected chi connectivity index (χ1v) is 6.91. The Morgan fingerprint density at radius 2 is 2.15 bits per heavy atom. The quantitative estimate of drug-likeness (QED) is 0.411. The molecule has 6 heteroatoms. The number of pyridine rings is 1. The molecule has 0 radical (unpaired) electrons. The van der Waals surface area contributed by atoms with Gasteiger partial charge in [-0.1, -0.05) is 0 Å². The van der Waals surface area contributed by atoms with Gasteiger partial charge >= 0.3 is 0 Å². The Hall–Kier alpha value is -2.34. The van der Waals surface area contributed by atoms with Crippen LogP contribution in [0, 0.1) is 10.1 Å². The smallest absolute Gasteiger partial charge is 0.295 e. The Morgan fingerprint density at radius 3 is 2.90 bits per heavy atom. The number of nitro benzene ring substituents is 1. The second kappa shape index (κ2) is 5.34. The summed E-state index contributed by atoms with van der Waals surface area (Å²) in [6.07, 6.45) is 3.20. The first-order valence-electron chi connectivity index (χ1n) is 5.93. The largest absolute Gasteiger partial charge is 0.468 e. The number of furan rings is 1. The first kappa shape index (κ1) is 12.7. The number of benzene rings is 1. The Bertz CT molecular complexity index is 756. The fourth-order valence-corrected chi connectivity index (χ4v) is 2.89. The van der Waals surface area contributed by atoms with E-state index >= 15 is 0 Å². The predicted molar refractivity (Wildman–Crippen MR) is 76.7 cm³/mol. The zero-order valence-electron chi connectivity index (χ0n) is 10.4. The summed E-state index contributed by atoms with van der Waals surface area (Å²) in [5.41, 5.74) is 0.449. The van der Waals surface area contributed by atoms with Gasteiger partial charge in [0, 0.05) is 22.5 Å². The SMILES string of the molecule is O=[N+]([O-])c1ccc(SCc2ccco2)c2cccnc12. The van der Waals surface area contributed by atoms with Crippen molar-refractivity contribution in [1.82, 2.24) is 4.98 Å². The van der Waals surface area contributed by atoms with Gasteiger partial charge in [0.1, 0.15) is 11.3 Å². The van der Waals surface area contributed by atoms with Crippen molar-refractivity contribution in [1.29, 1.82) is 0 Å². The molecule has 0 amide bonds.